The number of hydrogen-bond acceptors (Lipinski definition) is 4. The van der Waals surface area contributed by atoms with Gasteiger partial charge < -0.3 is 14.8 Å². The summed E-state index contributed by atoms with van der Waals surface area (Å²) in [5.41, 5.74) is 3.70. The van der Waals surface area contributed by atoms with Gasteiger partial charge in [0.1, 0.15) is 11.3 Å². The molecule has 0 fully saturated rings. The van der Waals surface area contributed by atoms with Gasteiger partial charge in [-0.15, -0.1) is 0 Å². The molecule has 0 bridgehead atoms. The van der Waals surface area contributed by atoms with Gasteiger partial charge in [-0.25, -0.2) is 4.98 Å². The van der Waals surface area contributed by atoms with Crippen molar-refractivity contribution in [3.8, 4) is 17.2 Å². The summed E-state index contributed by atoms with van der Waals surface area (Å²) < 4.78 is 5.80. The third kappa shape index (κ3) is 4.48. The fourth-order valence-electron chi connectivity index (χ4n) is 2.97. The fourth-order valence-corrected chi connectivity index (χ4v) is 2.97. The topological polar surface area (TPSA) is 75.4 Å². The molecule has 0 saturated carbocycles. The van der Waals surface area contributed by atoms with E-state index in [0.717, 1.165) is 24.8 Å². The zero-order valence-corrected chi connectivity index (χ0v) is 16.1. The zero-order chi connectivity index (χ0) is 19.4. The Bertz CT molecular complexity index is 944. The second kappa shape index (κ2) is 8.25. The molecule has 5 nitrogen and oxygen atoms in total. The molecular formula is C22H26N2O3. The fraction of sp³-hybridized carbons (Fsp3) is 0.364. The number of phenolic OH excluding ortho intramolecular Hbond substituents is 1. The lowest BCUT2D eigenvalue weighted by Crippen LogP contribution is -2.10. The van der Waals surface area contributed by atoms with Crippen molar-refractivity contribution in [3.05, 3.63) is 42.0 Å². The van der Waals surface area contributed by atoms with Crippen LogP contribution >= 0.6 is 0 Å². The van der Waals surface area contributed by atoms with Crippen LogP contribution in [0.4, 0.5) is 5.69 Å². The normalized spacial score (nSPS) is 11.3. The molecular weight excluding hydrogens is 340 g/mol. The summed E-state index contributed by atoms with van der Waals surface area (Å²) in [6, 6.07) is 10.9. The molecule has 2 aromatic carbocycles. The Morgan fingerprint density at radius 1 is 1.19 bits per heavy atom. The molecule has 142 valence electrons. The highest BCUT2D eigenvalue weighted by Gasteiger charge is 2.14. The minimum atomic E-state index is -0.0429. The van der Waals surface area contributed by atoms with Crippen LogP contribution in [0.25, 0.3) is 22.6 Å². The number of fused-ring (bicyclic) bond motifs is 1. The Morgan fingerprint density at radius 2 is 2.00 bits per heavy atom. The number of unbranched alkanes of at least 4 members (excludes halogenated alkanes) is 2. The van der Waals surface area contributed by atoms with Crippen molar-refractivity contribution < 1.29 is 14.3 Å². The summed E-state index contributed by atoms with van der Waals surface area (Å²) in [7, 11) is 0. The minimum absolute atomic E-state index is 0.0250. The van der Waals surface area contributed by atoms with E-state index >= 15 is 0 Å². The van der Waals surface area contributed by atoms with Gasteiger partial charge in [0, 0.05) is 18.2 Å². The van der Waals surface area contributed by atoms with Crippen LogP contribution < -0.4 is 5.32 Å². The number of aromatic nitrogens is 1. The van der Waals surface area contributed by atoms with Crippen molar-refractivity contribution in [3.63, 3.8) is 0 Å². The molecule has 1 aromatic heterocycles. The molecule has 2 N–H and O–H groups in total. The van der Waals surface area contributed by atoms with Crippen molar-refractivity contribution in [1.82, 2.24) is 4.98 Å². The molecule has 0 aliphatic rings. The molecule has 27 heavy (non-hydrogen) atoms. The van der Waals surface area contributed by atoms with Gasteiger partial charge in [0.05, 0.1) is 5.56 Å². The van der Waals surface area contributed by atoms with Gasteiger partial charge in [-0.05, 0) is 42.2 Å². The molecule has 0 aliphatic carbocycles. The Kier molecular flexibility index (Phi) is 5.79. The molecule has 0 spiro atoms. The number of oxazole rings is 1. The minimum Gasteiger partial charge on any atom is -0.507 e. The molecule has 0 unspecified atom stereocenters. The quantitative estimate of drug-likeness (QED) is 0.515. The van der Waals surface area contributed by atoms with Gasteiger partial charge in [-0.3, -0.25) is 4.79 Å². The first-order valence-corrected chi connectivity index (χ1v) is 9.51. The van der Waals surface area contributed by atoms with Crippen LogP contribution in [0.1, 0.15) is 57.9 Å². The molecule has 1 heterocycles. The predicted octanol–water partition coefficient (Wildman–Crippen LogP) is 5.84. The average molecular weight is 366 g/mol. The first kappa shape index (κ1) is 19.0. The summed E-state index contributed by atoms with van der Waals surface area (Å²) in [5, 5.41) is 13.2. The summed E-state index contributed by atoms with van der Waals surface area (Å²) in [5.74, 6) is 0.753. The molecule has 0 saturated heterocycles. The highest BCUT2D eigenvalue weighted by molar-refractivity contribution is 5.91. The molecule has 1 amide bonds. The van der Waals surface area contributed by atoms with E-state index in [1.165, 1.54) is 11.6 Å². The standard InChI is InChI=1S/C22H26N2O3/c1-4-5-6-7-21(26)23-16-9-10-17(19(25)13-16)22-24-18-12-15(14(2)3)8-11-20(18)27-22/h8-14,25H,4-7H2,1-3H3,(H,23,26). The van der Waals surface area contributed by atoms with Crippen molar-refractivity contribution in [2.45, 2.75) is 52.4 Å². The van der Waals surface area contributed by atoms with E-state index in [-0.39, 0.29) is 11.7 Å². The van der Waals surface area contributed by atoms with Gasteiger partial charge in [0.15, 0.2) is 5.58 Å². The second-order valence-electron chi connectivity index (χ2n) is 7.14. The van der Waals surface area contributed by atoms with Crippen LogP contribution in [-0.2, 0) is 4.79 Å². The zero-order valence-electron chi connectivity index (χ0n) is 16.1. The van der Waals surface area contributed by atoms with Gasteiger partial charge in [0.25, 0.3) is 0 Å². The first-order valence-electron chi connectivity index (χ1n) is 9.51. The lowest BCUT2D eigenvalue weighted by Gasteiger charge is -2.07. The van der Waals surface area contributed by atoms with E-state index < -0.39 is 0 Å². The Labute approximate surface area is 159 Å². The van der Waals surface area contributed by atoms with E-state index in [4.69, 9.17) is 4.42 Å². The Balaban J connectivity index is 1.79. The third-order valence-corrected chi connectivity index (χ3v) is 4.60. The van der Waals surface area contributed by atoms with Gasteiger partial charge in [0.2, 0.25) is 11.8 Å². The van der Waals surface area contributed by atoms with Crippen molar-refractivity contribution in [1.29, 1.82) is 0 Å². The number of rotatable bonds is 7. The molecule has 5 heteroatoms. The Hall–Kier alpha value is -2.82. The summed E-state index contributed by atoms with van der Waals surface area (Å²) >= 11 is 0. The number of carbonyl (C=O) groups excluding carboxylic acids is 1. The number of nitrogens with zero attached hydrogens (tertiary/aromatic N) is 1. The van der Waals surface area contributed by atoms with Gasteiger partial charge in [-0.1, -0.05) is 39.7 Å². The van der Waals surface area contributed by atoms with Crippen molar-refractivity contribution in [2.24, 2.45) is 0 Å². The van der Waals surface area contributed by atoms with Gasteiger partial charge in [-0.2, -0.15) is 0 Å². The molecule has 0 radical (unpaired) electrons. The molecule has 0 atom stereocenters. The van der Waals surface area contributed by atoms with E-state index in [1.807, 2.05) is 18.2 Å². The first-order chi connectivity index (χ1) is 13.0. The monoisotopic (exact) mass is 366 g/mol. The van der Waals surface area contributed by atoms with Crippen LogP contribution in [0.2, 0.25) is 0 Å². The average Bonchev–Trinajstić information content (AvgIpc) is 3.04. The lowest BCUT2D eigenvalue weighted by atomic mass is 10.0. The maximum Gasteiger partial charge on any atom is 0.231 e. The van der Waals surface area contributed by atoms with E-state index in [9.17, 15) is 9.90 Å². The largest absolute Gasteiger partial charge is 0.507 e. The highest BCUT2D eigenvalue weighted by atomic mass is 16.3. The summed E-state index contributed by atoms with van der Waals surface area (Å²) in [6.07, 6.45) is 3.47. The third-order valence-electron chi connectivity index (χ3n) is 4.60. The van der Waals surface area contributed by atoms with Crippen LogP contribution in [0.15, 0.2) is 40.8 Å². The number of anilines is 1. The Morgan fingerprint density at radius 3 is 2.70 bits per heavy atom. The molecule has 3 aromatic rings. The summed E-state index contributed by atoms with van der Waals surface area (Å²) in [4.78, 5) is 16.4. The predicted molar refractivity (Wildman–Crippen MR) is 108 cm³/mol. The number of amides is 1. The van der Waals surface area contributed by atoms with Crippen LogP contribution in [0, 0.1) is 0 Å². The highest BCUT2D eigenvalue weighted by Crippen LogP contribution is 2.33. The maximum absolute atomic E-state index is 11.9. The van der Waals surface area contributed by atoms with E-state index in [0.29, 0.717) is 35.1 Å². The second-order valence-corrected chi connectivity index (χ2v) is 7.14. The number of benzene rings is 2. The number of aromatic hydroxyl groups is 1. The smallest absolute Gasteiger partial charge is 0.231 e. The molecule has 0 aliphatic heterocycles. The number of carbonyl (C=O) groups is 1. The SMILES string of the molecule is CCCCCC(=O)Nc1ccc(-c2nc3cc(C(C)C)ccc3o2)c(O)c1. The summed E-state index contributed by atoms with van der Waals surface area (Å²) in [6.45, 7) is 6.36. The van der Waals surface area contributed by atoms with Crippen molar-refractivity contribution >= 4 is 22.7 Å². The van der Waals surface area contributed by atoms with Crippen molar-refractivity contribution in [2.75, 3.05) is 5.32 Å². The maximum atomic E-state index is 11.9. The number of nitrogens with one attached hydrogen (secondary N) is 1. The van der Waals surface area contributed by atoms with Crippen LogP contribution in [-0.4, -0.2) is 16.0 Å². The van der Waals surface area contributed by atoms with Crippen LogP contribution in [0.3, 0.4) is 0 Å². The molecule has 3 rings (SSSR count). The lowest BCUT2D eigenvalue weighted by molar-refractivity contribution is -0.116. The number of hydrogen-bond donors (Lipinski definition) is 2. The van der Waals surface area contributed by atoms with Gasteiger partial charge >= 0.3 is 0 Å². The van der Waals surface area contributed by atoms with E-state index in [1.54, 1.807) is 12.1 Å². The van der Waals surface area contributed by atoms with Crippen LogP contribution in [0.5, 0.6) is 5.75 Å². The number of phenols is 1. The van der Waals surface area contributed by atoms with E-state index in [2.05, 4.69) is 31.1 Å².